The van der Waals surface area contributed by atoms with Gasteiger partial charge in [0.1, 0.15) is 0 Å². The molecule has 4 nitrogen and oxygen atoms in total. The molecular weight excluding hydrogens is 412 g/mol. The number of hydrogen-bond donors (Lipinski definition) is 0. The number of nitrogens with zero attached hydrogens (tertiary/aromatic N) is 2. The SMILES string of the molecule is CC1(C)CN(C(=O)c2cccs2)C2(S1)C(=O)N(Cc1ccccc1)c1ccccc12. The minimum atomic E-state index is -1.03. The molecule has 1 saturated heterocycles. The lowest BCUT2D eigenvalue weighted by Gasteiger charge is -2.33. The van der Waals surface area contributed by atoms with E-state index in [0.717, 1.165) is 16.8 Å². The third-order valence-electron chi connectivity index (χ3n) is 5.60. The molecule has 0 saturated carbocycles. The fourth-order valence-electron chi connectivity index (χ4n) is 4.41. The molecule has 6 heteroatoms. The molecule has 1 atom stereocenters. The van der Waals surface area contributed by atoms with Crippen molar-refractivity contribution in [3.05, 3.63) is 88.1 Å². The van der Waals surface area contributed by atoms with E-state index in [1.54, 1.807) is 16.7 Å². The number of amides is 2. The van der Waals surface area contributed by atoms with Crippen LogP contribution in [0.2, 0.25) is 0 Å². The monoisotopic (exact) mass is 434 g/mol. The zero-order chi connectivity index (χ0) is 20.9. The maximum Gasteiger partial charge on any atom is 0.268 e. The number of fused-ring (bicyclic) bond motifs is 2. The zero-order valence-electron chi connectivity index (χ0n) is 16.9. The Bertz CT molecular complexity index is 1110. The van der Waals surface area contributed by atoms with Crippen molar-refractivity contribution in [3.63, 3.8) is 0 Å². The normalized spacial score (nSPS) is 22.0. The number of benzene rings is 2. The van der Waals surface area contributed by atoms with Crippen molar-refractivity contribution in [2.45, 2.75) is 30.0 Å². The number of carbonyl (C=O) groups excluding carboxylic acids is 2. The van der Waals surface area contributed by atoms with Gasteiger partial charge in [-0.05, 0) is 36.9 Å². The third-order valence-corrected chi connectivity index (χ3v) is 8.05. The van der Waals surface area contributed by atoms with E-state index in [-0.39, 0.29) is 16.6 Å². The molecule has 2 aliphatic heterocycles. The highest BCUT2D eigenvalue weighted by molar-refractivity contribution is 8.02. The molecule has 3 aromatic rings. The van der Waals surface area contributed by atoms with Gasteiger partial charge in [-0.3, -0.25) is 9.59 Å². The van der Waals surface area contributed by atoms with Crippen LogP contribution in [0.5, 0.6) is 0 Å². The topological polar surface area (TPSA) is 40.6 Å². The van der Waals surface area contributed by atoms with E-state index in [4.69, 9.17) is 0 Å². The Labute approximate surface area is 184 Å². The summed E-state index contributed by atoms with van der Waals surface area (Å²) < 4.78 is -0.238. The minimum Gasteiger partial charge on any atom is -0.309 e. The van der Waals surface area contributed by atoms with Gasteiger partial charge in [0.15, 0.2) is 4.87 Å². The van der Waals surface area contributed by atoms with E-state index in [2.05, 4.69) is 13.8 Å². The van der Waals surface area contributed by atoms with Crippen LogP contribution in [-0.4, -0.2) is 28.0 Å². The van der Waals surface area contributed by atoms with Gasteiger partial charge in [-0.15, -0.1) is 23.1 Å². The van der Waals surface area contributed by atoms with Crippen LogP contribution in [0, 0.1) is 0 Å². The largest absolute Gasteiger partial charge is 0.309 e. The first-order valence-electron chi connectivity index (χ1n) is 9.93. The Morgan fingerprint density at radius 2 is 1.73 bits per heavy atom. The second-order valence-electron chi connectivity index (χ2n) is 8.27. The van der Waals surface area contributed by atoms with Crippen LogP contribution in [0.1, 0.15) is 34.6 Å². The average Bonchev–Trinajstić information content (AvgIpc) is 3.43. The Balaban J connectivity index is 1.64. The summed E-state index contributed by atoms with van der Waals surface area (Å²) in [7, 11) is 0. The van der Waals surface area contributed by atoms with Gasteiger partial charge in [0.05, 0.1) is 17.1 Å². The molecule has 0 aliphatic carbocycles. The highest BCUT2D eigenvalue weighted by Crippen LogP contribution is 2.60. The lowest BCUT2D eigenvalue weighted by molar-refractivity contribution is -0.123. The smallest absolute Gasteiger partial charge is 0.268 e. The number of thiophene rings is 1. The lowest BCUT2D eigenvalue weighted by atomic mass is 10.0. The Hall–Kier alpha value is -2.57. The van der Waals surface area contributed by atoms with E-state index in [1.807, 2.05) is 77.0 Å². The van der Waals surface area contributed by atoms with Crippen molar-refractivity contribution in [2.75, 3.05) is 11.4 Å². The number of thioether (sulfide) groups is 1. The standard InChI is InChI=1S/C24H22N2O2S2/c1-23(2)16-26(21(27)20-13-8-14-29-20)24(30-23)18-11-6-7-12-19(18)25(22(24)28)15-17-9-4-3-5-10-17/h3-14H,15-16H2,1-2H3. The molecule has 1 fully saturated rings. The van der Waals surface area contributed by atoms with Gasteiger partial charge in [-0.25, -0.2) is 0 Å². The Morgan fingerprint density at radius 1 is 1.00 bits per heavy atom. The van der Waals surface area contributed by atoms with E-state index in [0.29, 0.717) is 18.0 Å². The lowest BCUT2D eigenvalue weighted by Crippen LogP contribution is -2.50. The molecule has 1 spiro atoms. The first kappa shape index (κ1) is 19.4. The first-order chi connectivity index (χ1) is 14.4. The molecule has 2 aliphatic rings. The van der Waals surface area contributed by atoms with Crippen LogP contribution in [0.3, 0.4) is 0 Å². The summed E-state index contributed by atoms with van der Waals surface area (Å²) in [5.41, 5.74) is 2.86. The molecule has 0 N–H and O–H groups in total. The van der Waals surface area contributed by atoms with Gasteiger partial charge in [0.25, 0.3) is 11.8 Å². The van der Waals surface area contributed by atoms with Crippen LogP contribution in [0.25, 0.3) is 0 Å². The molecule has 1 aromatic heterocycles. The maximum atomic E-state index is 14.1. The number of anilines is 1. The average molecular weight is 435 g/mol. The number of hydrogen-bond acceptors (Lipinski definition) is 4. The Morgan fingerprint density at radius 3 is 2.47 bits per heavy atom. The van der Waals surface area contributed by atoms with Crippen LogP contribution < -0.4 is 4.90 Å². The third kappa shape index (κ3) is 2.89. The predicted octanol–water partition coefficient (Wildman–Crippen LogP) is 5.12. The van der Waals surface area contributed by atoms with Crippen LogP contribution in [0.15, 0.2) is 72.1 Å². The van der Waals surface area contributed by atoms with Crippen molar-refractivity contribution in [1.82, 2.24) is 4.90 Å². The molecule has 2 amide bonds. The van der Waals surface area contributed by atoms with Gasteiger partial charge in [0.2, 0.25) is 0 Å². The molecular formula is C24H22N2O2S2. The van der Waals surface area contributed by atoms with Gasteiger partial charge < -0.3 is 9.80 Å². The fraction of sp³-hybridized carbons (Fsp3) is 0.250. The quantitative estimate of drug-likeness (QED) is 0.575. The fourth-order valence-corrected chi connectivity index (χ4v) is 6.82. The van der Waals surface area contributed by atoms with Crippen molar-refractivity contribution in [2.24, 2.45) is 0 Å². The maximum absolute atomic E-state index is 14.1. The molecule has 2 aromatic carbocycles. The summed E-state index contributed by atoms with van der Waals surface area (Å²) in [5, 5.41) is 1.90. The van der Waals surface area contributed by atoms with Crippen molar-refractivity contribution in [1.29, 1.82) is 0 Å². The zero-order valence-corrected chi connectivity index (χ0v) is 18.5. The van der Waals surface area contributed by atoms with Crippen molar-refractivity contribution < 1.29 is 9.59 Å². The van der Waals surface area contributed by atoms with Gasteiger partial charge >= 0.3 is 0 Å². The Kier molecular flexibility index (Phi) is 4.52. The molecule has 30 heavy (non-hydrogen) atoms. The van der Waals surface area contributed by atoms with Gasteiger partial charge in [-0.2, -0.15) is 0 Å². The molecule has 0 radical (unpaired) electrons. The minimum absolute atomic E-state index is 0.0342. The van der Waals surface area contributed by atoms with E-state index in [9.17, 15) is 9.59 Å². The van der Waals surface area contributed by atoms with Gasteiger partial charge in [0, 0.05) is 16.9 Å². The van der Waals surface area contributed by atoms with Crippen LogP contribution in [-0.2, 0) is 16.2 Å². The molecule has 3 heterocycles. The van der Waals surface area contributed by atoms with E-state index < -0.39 is 4.87 Å². The van der Waals surface area contributed by atoms with E-state index in [1.165, 1.54) is 11.3 Å². The van der Waals surface area contributed by atoms with Crippen LogP contribution in [0.4, 0.5) is 5.69 Å². The molecule has 1 unspecified atom stereocenters. The summed E-state index contributed by atoms with van der Waals surface area (Å²) >= 11 is 3.02. The molecule has 0 bridgehead atoms. The van der Waals surface area contributed by atoms with E-state index >= 15 is 0 Å². The summed E-state index contributed by atoms with van der Waals surface area (Å²) in [6.07, 6.45) is 0. The summed E-state index contributed by atoms with van der Waals surface area (Å²) in [4.78, 5) is 30.9. The number of rotatable bonds is 3. The summed E-state index contributed by atoms with van der Waals surface area (Å²) in [6.45, 7) is 5.22. The van der Waals surface area contributed by atoms with Gasteiger partial charge in [-0.1, -0.05) is 54.6 Å². The summed E-state index contributed by atoms with van der Waals surface area (Å²) in [6, 6.07) is 21.6. The second-order valence-corrected chi connectivity index (χ2v) is 11.1. The number of para-hydroxylation sites is 1. The predicted molar refractivity (Wildman–Crippen MR) is 123 cm³/mol. The molecule has 5 rings (SSSR count). The van der Waals surface area contributed by atoms with Crippen molar-refractivity contribution >= 4 is 40.6 Å². The molecule has 152 valence electrons. The second kappa shape index (κ2) is 7.00. The number of carbonyl (C=O) groups is 2. The van der Waals surface area contributed by atoms with Crippen LogP contribution >= 0.6 is 23.1 Å². The highest BCUT2D eigenvalue weighted by Gasteiger charge is 2.63. The summed E-state index contributed by atoms with van der Waals surface area (Å²) in [5.74, 6) is -0.110. The van der Waals surface area contributed by atoms with Crippen molar-refractivity contribution in [3.8, 4) is 0 Å². The highest BCUT2D eigenvalue weighted by atomic mass is 32.2. The first-order valence-corrected chi connectivity index (χ1v) is 11.6.